The van der Waals surface area contributed by atoms with Gasteiger partial charge in [-0.1, -0.05) is 37.3 Å². The van der Waals surface area contributed by atoms with Crippen molar-refractivity contribution in [1.29, 1.82) is 0 Å². The minimum absolute atomic E-state index is 0.303. The number of rotatable bonds is 12. The van der Waals surface area contributed by atoms with Gasteiger partial charge in [0.1, 0.15) is 11.5 Å². The largest absolute Gasteiger partial charge is 0.476 e. The molecule has 0 radical (unpaired) electrons. The lowest BCUT2D eigenvalue weighted by Crippen LogP contribution is -2.40. The Labute approximate surface area is 235 Å². The first-order valence-corrected chi connectivity index (χ1v) is 13.6. The monoisotopic (exact) mass is 546 g/mol. The molecular formula is C31H38N4O5. The number of esters is 1. The number of nitrogens with zero attached hydrogens (tertiary/aromatic N) is 4. The molecule has 0 saturated heterocycles. The van der Waals surface area contributed by atoms with E-state index < -0.39 is 5.60 Å². The maximum atomic E-state index is 12.5. The number of oxazole rings is 1. The van der Waals surface area contributed by atoms with Gasteiger partial charge in [0.05, 0.1) is 18.8 Å². The number of aryl methyl sites for hydroxylation is 4. The zero-order chi connectivity index (χ0) is 28.9. The van der Waals surface area contributed by atoms with Crippen molar-refractivity contribution in [2.75, 3.05) is 6.61 Å². The molecule has 2 heterocycles. The van der Waals surface area contributed by atoms with Gasteiger partial charge in [-0.2, -0.15) is 0 Å². The summed E-state index contributed by atoms with van der Waals surface area (Å²) in [5.41, 5.74) is 3.74. The highest BCUT2D eigenvalue weighted by atomic mass is 16.6. The number of hydrogen-bond acceptors (Lipinski definition) is 9. The van der Waals surface area contributed by atoms with Gasteiger partial charge in [-0.25, -0.2) is 9.78 Å². The second kappa shape index (κ2) is 12.5. The van der Waals surface area contributed by atoms with E-state index in [1.54, 1.807) is 27.7 Å². The minimum atomic E-state index is -1.10. The Kier molecular flexibility index (Phi) is 9.04. The molecule has 4 aromatic rings. The van der Waals surface area contributed by atoms with E-state index in [0.717, 1.165) is 40.1 Å². The Morgan fingerprint density at radius 1 is 0.975 bits per heavy atom. The summed E-state index contributed by atoms with van der Waals surface area (Å²) in [4.78, 5) is 19.5. The van der Waals surface area contributed by atoms with Crippen molar-refractivity contribution in [2.24, 2.45) is 0 Å². The predicted octanol–water partition coefficient (Wildman–Crippen LogP) is 6.14. The van der Waals surface area contributed by atoms with Crippen LogP contribution in [-0.2, 0) is 35.6 Å². The van der Waals surface area contributed by atoms with Crippen LogP contribution in [0.1, 0.15) is 67.6 Å². The Hall–Kier alpha value is -3.98. The molecule has 0 saturated carbocycles. The number of hydrogen-bond donors (Lipinski definition) is 0. The van der Waals surface area contributed by atoms with Crippen LogP contribution in [-0.4, -0.2) is 38.3 Å². The van der Waals surface area contributed by atoms with Crippen LogP contribution < -0.4 is 4.74 Å². The zero-order valence-electron chi connectivity index (χ0n) is 24.4. The van der Waals surface area contributed by atoms with Crippen molar-refractivity contribution in [2.45, 2.75) is 80.1 Å². The number of ether oxygens (including phenoxy) is 2. The summed E-state index contributed by atoms with van der Waals surface area (Å²) in [6.45, 7) is 14.9. The summed E-state index contributed by atoms with van der Waals surface area (Å²) in [5, 5.41) is 8.21. The van der Waals surface area contributed by atoms with E-state index in [9.17, 15) is 4.79 Å². The van der Waals surface area contributed by atoms with Gasteiger partial charge in [-0.3, -0.25) is 4.90 Å². The lowest BCUT2D eigenvalue weighted by Gasteiger charge is -2.27. The summed E-state index contributed by atoms with van der Waals surface area (Å²) in [6.07, 6.45) is 0.745. The smallest absolute Gasteiger partial charge is 0.349 e. The van der Waals surface area contributed by atoms with Crippen molar-refractivity contribution in [3.63, 3.8) is 0 Å². The summed E-state index contributed by atoms with van der Waals surface area (Å²) in [6, 6.07) is 14.1. The lowest BCUT2D eigenvalue weighted by atomic mass is 10.0. The van der Waals surface area contributed by atoms with E-state index >= 15 is 0 Å². The van der Waals surface area contributed by atoms with Crippen LogP contribution in [0.15, 0.2) is 51.3 Å². The van der Waals surface area contributed by atoms with Gasteiger partial charge in [-0.15, -0.1) is 10.2 Å². The van der Waals surface area contributed by atoms with E-state index in [2.05, 4.69) is 34.2 Å². The average Bonchev–Trinajstić information content (AvgIpc) is 3.50. The van der Waals surface area contributed by atoms with Crippen LogP contribution in [0.2, 0.25) is 0 Å². The molecule has 2 aromatic carbocycles. The first-order valence-electron chi connectivity index (χ1n) is 13.6. The maximum Gasteiger partial charge on any atom is 0.349 e. The van der Waals surface area contributed by atoms with Crippen molar-refractivity contribution in [3.8, 4) is 17.2 Å². The Balaban J connectivity index is 1.61. The summed E-state index contributed by atoms with van der Waals surface area (Å²) < 4.78 is 23.2. The van der Waals surface area contributed by atoms with Crippen LogP contribution in [0.5, 0.6) is 5.75 Å². The average molecular weight is 547 g/mol. The van der Waals surface area contributed by atoms with E-state index in [1.165, 1.54) is 0 Å². The fraction of sp³-hybridized carbons (Fsp3) is 0.419. The molecule has 0 N–H and O–H groups in total. The topological polar surface area (TPSA) is 104 Å². The number of benzene rings is 2. The minimum Gasteiger partial charge on any atom is -0.476 e. The number of carbonyl (C=O) groups is 1. The van der Waals surface area contributed by atoms with Crippen molar-refractivity contribution in [1.82, 2.24) is 20.1 Å². The van der Waals surface area contributed by atoms with Crippen LogP contribution in [0.4, 0.5) is 0 Å². The molecule has 0 atom stereocenters. The molecule has 40 heavy (non-hydrogen) atoms. The van der Waals surface area contributed by atoms with Crippen molar-refractivity contribution >= 4 is 5.97 Å². The third-order valence-electron chi connectivity index (χ3n) is 6.54. The van der Waals surface area contributed by atoms with Gasteiger partial charge < -0.3 is 18.3 Å². The van der Waals surface area contributed by atoms with Crippen LogP contribution in [0, 0.1) is 20.8 Å². The molecule has 0 fully saturated rings. The third kappa shape index (κ3) is 6.96. The molecule has 0 aliphatic carbocycles. The van der Waals surface area contributed by atoms with E-state index in [0.29, 0.717) is 49.7 Å². The second-order valence-corrected chi connectivity index (χ2v) is 10.3. The third-order valence-corrected chi connectivity index (χ3v) is 6.54. The molecule has 0 bridgehead atoms. The first-order chi connectivity index (χ1) is 19.1. The number of aromatic nitrogens is 3. The highest BCUT2D eigenvalue weighted by Gasteiger charge is 2.33. The molecule has 2 aromatic heterocycles. The van der Waals surface area contributed by atoms with Gasteiger partial charge in [0.25, 0.3) is 0 Å². The molecule has 0 unspecified atom stereocenters. The highest BCUT2D eigenvalue weighted by molar-refractivity contribution is 5.79. The summed E-state index contributed by atoms with van der Waals surface area (Å²) in [5.74, 6) is 2.74. The number of carbonyl (C=O) groups excluding carboxylic acids is 1. The van der Waals surface area contributed by atoms with E-state index in [4.69, 9.17) is 23.3 Å². The van der Waals surface area contributed by atoms with Gasteiger partial charge in [-0.05, 0) is 69.9 Å². The molecule has 0 amide bonds. The Bertz CT molecular complexity index is 1440. The van der Waals surface area contributed by atoms with Gasteiger partial charge >= 0.3 is 5.97 Å². The molecule has 9 nitrogen and oxygen atoms in total. The van der Waals surface area contributed by atoms with E-state index in [1.807, 2.05) is 44.2 Å². The summed E-state index contributed by atoms with van der Waals surface area (Å²) >= 11 is 0. The zero-order valence-corrected chi connectivity index (χ0v) is 24.4. The molecule has 0 aliphatic heterocycles. The van der Waals surface area contributed by atoms with Crippen molar-refractivity contribution in [3.05, 3.63) is 82.4 Å². The molecule has 0 spiro atoms. The molecule has 4 rings (SSSR count). The van der Waals surface area contributed by atoms with Crippen LogP contribution in [0.3, 0.4) is 0 Å². The quantitative estimate of drug-likeness (QED) is 0.194. The van der Waals surface area contributed by atoms with Crippen LogP contribution in [0.25, 0.3) is 11.5 Å². The summed E-state index contributed by atoms with van der Waals surface area (Å²) in [7, 11) is 0. The van der Waals surface area contributed by atoms with E-state index in [-0.39, 0.29) is 5.97 Å². The molecule has 212 valence electrons. The first kappa shape index (κ1) is 29.0. The second-order valence-electron chi connectivity index (χ2n) is 10.3. The Morgan fingerprint density at radius 2 is 1.73 bits per heavy atom. The fourth-order valence-corrected chi connectivity index (χ4v) is 4.54. The normalized spacial score (nSPS) is 11.7. The van der Waals surface area contributed by atoms with Crippen molar-refractivity contribution < 1.29 is 23.1 Å². The van der Waals surface area contributed by atoms with Gasteiger partial charge in [0.15, 0.2) is 5.60 Å². The molecular weight excluding hydrogens is 508 g/mol. The van der Waals surface area contributed by atoms with Gasteiger partial charge in [0.2, 0.25) is 17.7 Å². The molecule has 0 aliphatic rings. The standard InChI is InChI=1S/C31H38N4O5/c1-8-24-16-23(15-20(3)28(24)40-31(6,7)30(36)37-9-2)17-35(19-27-34-33-22(5)39-27)18-26-21(4)38-29(32-26)25-13-11-10-12-14-25/h10-16H,8-9,17-19H2,1-7H3. The predicted molar refractivity (Wildman–Crippen MR) is 151 cm³/mol. The lowest BCUT2D eigenvalue weighted by molar-refractivity contribution is -0.158. The SMILES string of the molecule is CCOC(=O)C(C)(C)Oc1c(C)cc(CN(Cc2nnc(C)o2)Cc2nc(-c3ccccc3)oc2C)cc1CC. The Morgan fingerprint density at radius 3 is 2.38 bits per heavy atom. The molecule has 9 heteroatoms. The highest BCUT2D eigenvalue weighted by Crippen LogP contribution is 2.31. The fourth-order valence-electron chi connectivity index (χ4n) is 4.54. The maximum absolute atomic E-state index is 12.5. The van der Waals surface area contributed by atoms with Crippen LogP contribution >= 0.6 is 0 Å². The van der Waals surface area contributed by atoms with Gasteiger partial charge in [0, 0.05) is 25.6 Å².